The summed E-state index contributed by atoms with van der Waals surface area (Å²) in [6, 6.07) is 7.97. The van der Waals surface area contributed by atoms with Crippen LogP contribution in [-0.2, 0) is 7.05 Å². The molecule has 3 nitrogen and oxygen atoms in total. The zero-order valence-electron chi connectivity index (χ0n) is 9.86. The van der Waals surface area contributed by atoms with Crippen LogP contribution in [0.5, 0.6) is 0 Å². The molecule has 0 fully saturated rings. The summed E-state index contributed by atoms with van der Waals surface area (Å²) in [6.07, 6.45) is 0. The number of hydrogen-bond donors (Lipinski definition) is 0. The van der Waals surface area contributed by atoms with Crippen molar-refractivity contribution in [2.45, 2.75) is 0 Å². The number of halogens is 3. The molecule has 96 valence electrons. The van der Waals surface area contributed by atoms with Crippen LogP contribution in [0.15, 0.2) is 30.3 Å². The molecule has 0 aliphatic heterocycles. The highest BCUT2D eigenvalue weighted by molar-refractivity contribution is 14.1. The number of fused-ring (bicyclic) bond motifs is 1. The van der Waals surface area contributed by atoms with Crippen molar-refractivity contribution in [3.8, 4) is 11.4 Å². The van der Waals surface area contributed by atoms with Gasteiger partial charge in [0.05, 0.1) is 5.02 Å². The summed E-state index contributed by atoms with van der Waals surface area (Å²) in [5, 5.41) is 0.568. The van der Waals surface area contributed by atoms with Gasteiger partial charge in [0.25, 0.3) is 0 Å². The monoisotopic (exact) mass is 387 g/mol. The number of aromatic nitrogens is 3. The number of pyridine rings is 1. The third kappa shape index (κ3) is 2.21. The van der Waals surface area contributed by atoms with Crippen LogP contribution in [0.25, 0.3) is 22.6 Å². The Morgan fingerprint density at radius 2 is 1.89 bits per heavy atom. The number of imidazole rings is 1. The van der Waals surface area contributed by atoms with Crippen LogP contribution in [0, 0.1) is 9.52 Å². The summed E-state index contributed by atoms with van der Waals surface area (Å²) in [7, 11) is 1.87. The molecular weight excluding hydrogens is 380 g/mol. The van der Waals surface area contributed by atoms with Gasteiger partial charge in [-0.2, -0.15) is 0 Å². The van der Waals surface area contributed by atoms with E-state index in [9.17, 15) is 4.39 Å². The van der Waals surface area contributed by atoms with E-state index >= 15 is 0 Å². The van der Waals surface area contributed by atoms with E-state index in [0.717, 1.165) is 14.9 Å². The van der Waals surface area contributed by atoms with Crippen molar-refractivity contribution < 1.29 is 4.39 Å². The molecule has 2 heterocycles. The fourth-order valence-corrected chi connectivity index (χ4v) is 2.90. The molecule has 0 N–H and O–H groups in total. The zero-order chi connectivity index (χ0) is 13.6. The molecular formula is C13H8ClFIN3. The van der Waals surface area contributed by atoms with E-state index < -0.39 is 0 Å². The molecule has 2 aromatic heterocycles. The fourth-order valence-electron chi connectivity index (χ4n) is 1.94. The Labute approximate surface area is 127 Å². The number of hydrogen-bond acceptors (Lipinski definition) is 2. The minimum absolute atomic E-state index is 0.270. The first kappa shape index (κ1) is 12.8. The molecule has 3 aromatic rings. The lowest BCUT2D eigenvalue weighted by molar-refractivity contribution is 0.628. The van der Waals surface area contributed by atoms with Crippen molar-refractivity contribution in [2.75, 3.05) is 0 Å². The SMILES string of the molecule is Cn1c(-c2ccc(F)cc2)nc2c(Cl)cc(I)nc21. The lowest BCUT2D eigenvalue weighted by Gasteiger charge is -2.01. The first-order valence-electron chi connectivity index (χ1n) is 5.50. The fraction of sp³-hybridized carbons (Fsp3) is 0.0769. The Hall–Kier alpha value is -1.21. The van der Waals surface area contributed by atoms with E-state index in [1.54, 1.807) is 18.2 Å². The van der Waals surface area contributed by atoms with Crippen molar-refractivity contribution in [1.29, 1.82) is 0 Å². The van der Waals surface area contributed by atoms with Gasteiger partial charge in [-0.3, -0.25) is 0 Å². The van der Waals surface area contributed by atoms with Gasteiger partial charge in [-0.1, -0.05) is 11.6 Å². The third-order valence-electron chi connectivity index (χ3n) is 2.85. The molecule has 0 aliphatic carbocycles. The van der Waals surface area contributed by atoms with E-state index in [4.69, 9.17) is 11.6 Å². The van der Waals surface area contributed by atoms with Crippen LogP contribution in [0.3, 0.4) is 0 Å². The summed E-state index contributed by atoms with van der Waals surface area (Å²) in [5.74, 6) is 0.444. The van der Waals surface area contributed by atoms with Gasteiger partial charge < -0.3 is 4.57 Å². The standard InChI is InChI=1S/C13H8ClFIN3/c1-19-12(7-2-4-8(15)5-3-7)18-11-9(14)6-10(16)17-13(11)19/h2-6H,1H3. The van der Waals surface area contributed by atoms with Crippen LogP contribution in [0.2, 0.25) is 5.02 Å². The number of rotatable bonds is 1. The van der Waals surface area contributed by atoms with Crippen LogP contribution in [0.4, 0.5) is 4.39 Å². The number of nitrogens with zero attached hydrogens (tertiary/aromatic N) is 3. The highest BCUT2D eigenvalue weighted by Crippen LogP contribution is 2.28. The minimum atomic E-state index is -0.270. The molecule has 0 saturated heterocycles. The molecule has 6 heteroatoms. The quantitative estimate of drug-likeness (QED) is 0.466. The molecule has 0 spiro atoms. The normalized spacial score (nSPS) is 11.2. The minimum Gasteiger partial charge on any atom is -0.312 e. The van der Waals surface area contributed by atoms with Crippen molar-refractivity contribution in [3.05, 3.63) is 44.9 Å². The number of aryl methyl sites for hydroxylation is 1. The second-order valence-electron chi connectivity index (χ2n) is 4.10. The maximum Gasteiger partial charge on any atom is 0.162 e. The van der Waals surface area contributed by atoms with Gasteiger partial charge in [0, 0.05) is 12.6 Å². The molecule has 0 unspecified atom stereocenters. The topological polar surface area (TPSA) is 30.7 Å². The van der Waals surface area contributed by atoms with Crippen molar-refractivity contribution >= 4 is 45.4 Å². The Morgan fingerprint density at radius 1 is 1.21 bits per heavy atom. The van der Waals surface area contributed by atoms with Gasteiger partial charge in [0.1, 0.15) is 20.9 Å². The lowest BCUT2D eigenvalue weighted by atomic mass is 10.2. The average Bonchev–Trinajstić information content (AvgIpc) is 2.69. The number of benzene rings is 1. The maximum atomic E-state index is 13.0. The summed E-state index contributed by atoms with van der Waals surface area (Å²) in [6.45, 7) is 0. The van der Waals surface area contributed by atoms with Crippen LogP contribution < -0.4 is 0 Å². The van der Waals surface area contributed by atoms with E-state index in [1.165, 1.54) is 12.1 Å². The predicted octanol–water partition coefficient (Wildman–Crippen LogP) is 4.03. The van der Waals surface area contributed by atoms with Gasteiger partial charge in [0.15, 0.2) is 5.65 Å². The van der Waals surface area contributed by atoms with Crippen LogP contribution in [-0.4, -0.2) is 14.5 Å². The third-order valence-corrected chi connectivity index (χ3v) is 3.69. The van der Waals surface area contributed by atoms with Gasteiger partial charge in [0.2, 0.25) is 0 Å². The van der Waals surface area contributed by atoms with Crippen molar-refractivity contribution in [1.82, 2.24) is 14.5 Å². The summed E-state index contributed by atoms with van der Waals surface area (Å²) in [5.41, 5.74) is 2.20. The van der Waals surface area contributed by atoms with Gasteiger partial charge >= 0.3 is 0 Å². The van der Waals surface area contributed by atoms with E-state index in [1.807, 2.05) is 11.6 Å². The molecule has 0 atom stereocenters. The van der Waals surface area contributed by atoms with E-state index in [2.05, 4.69) is 32.6 Å². The first-order valence-corrected chi connectivity index (χ1v) is 6.96. The van der Waals surface area contributed by atoms with E-state index in [0.29, 0.717) is 16.4 Å². The smallest absolute Gasteiger partial charge is 0.162 e. The second-order valence-corrected chi connectivity index (χ2v) is 5.61. The molecule has 0 bridgehead atoms. The Balaban J connectivity index is 2.28. The Kier molecular flexibility index (Phi) is 3.18. The van der Waals surface area contributed by atoms with Crippen molar-refractivity contribution in [2.24, 2.45) is 7.05 Å². The molecule has 1 aromatic carbocycles. The molecule has 19 heavy (non-hydrogen) atoms. The highest BCUT2D eigenvalue weighted by atomic mass is 127. The first-order chi connectivity index (χ1) is 9.06. The van der Waals surface area contributed by atoms with Crippen molar-refractivity contribution in [3.63, 3.8) is 0 Å². The highest BCUT2D eigenvalue weighted by Gasteiger charge is 2.14. The summed E-state index contributed by atoms with van der Waals surface area (Å²) in [4.78, 5) is 8.92. The average molecular weight is 388 g/mol. The molecule has 0 amide bonds. The predicted molar refractivity (Wildman–Crippen MR) is 81.6 cm³/mol. The van der Waals surface area contributed by atoms with Gasteiger partial charge in [-0.15, -0.1) is 0 Å². The lowest BCUT2D eigenvalue weighted by Crippen LogP contribution is -1.94. The van der Waals surface area contributed by atoms with E-state index in [-0.39, 0.29) is 5.82 Å². The van der Waals surface area contributed by atoms with Gasteiger partial charge in [-0.05, 0) is 52.9 Å². The van der Waals surface area contributed by atoms with Crippen LogP contribution >= 0.6 is 34.2 Å². The maximum absolute atomic E-state index is 13.0. The molecule has 0 saturated carbocycles. The zero-order valence-corrected chi connectivity index (χ0v) is 12.8. The van der Waals surface area contributed by atoms with Gasteiger partial charge in [-0.25, -0.2) is 14.4 Å². The van der Waals surface area contributed by atoms with Crippen LogP contribution in [0.1, 0.15) is 0 Å². The largest absolute Gasteiger partial charge is 0.312 e. The Bertz CT molecular complexity index is 768. The second kappa shape index (κ2) is 4.72. The molecule has 0 radical (unpaired) electrons. The summed E-state index contributed by atoms with van der Waals surface area (Å²) >= 11 is 8.29. The Morgan fingerprint density at radius 3 is 2.58 bits per heavy atom. The summed E-state index contributed by atoms with van der Waals surface area (Å²) < 4.78 is 15.6. The molecule has 3 rings (SSSR count). The molecule has 0 aliphatic rings.